The second kappa shape index (κ2) is 10.0. The van der Waals surface area contributed by atoms with E-state index in [1.54, 1.807) is 0 Å². The van der Waals surface area contributed by atoms with Gasteiger partial charge < -0.3 is 4.74 Å². The van der Waals surface area contributed by atoms with E-state index >= 15 is 0 Å². The predicted octanol–water partition coefficient (Wildman–Crippen LogP) is 3.94. The van der Waals surface area contributed by atoms with Gasteiger partial charge in [0.25, 0.3) is 0 Å². The van der Waals surface area contributed by atoms with E-state index in [1.165, 1.54) is 12.8 Å². The van der Waals surface area contributed by atoms with Crippen LogP contribution in [0.2, 0.25) is 0 Å². The maximum atomic E-state index is 11.2. The van der Waals surface area contributed by atoms with Crippen LogP contribution in [0.25, 0.3) is 0 Å². The molecule has 0 atom stereocenters. The lowest BCUT2D eigenvalue weighted by atomic mass is 10.0. The Morgan fingerprint density at radius 1 is 1.13 bits per heavy atom. The fourth-order valence-corrected chi connectivity index (χ4v) is 1.40. The highest BCUT2D eigenvalue weighted by Gasteiger charge is 2.02. The first kappa shape index (κ1) is 14.5. The second-order valence-corrected chi connectivity index (χ2v) is 4.57. The summed E-state index contributed by atoms with van der Waals surface area (Å²) in [5.41, 5.74) is 0. The standard InChI is InChI=1S/C13H26O2/c1-4-5-11-15-13(14)10-8-6-7-9-12(2)3/h12H,4-11H2,1-3H3. The highest BCUT2D eigenvalue weighted by molar-refractivity contribution is 5.69. The molecular formula is C13H26O2. The fraction of sp³-hybridized carbons (Fsp3) is 0.923. The van der Waals surface area contributed by atoms with Gasteiger partial charge in [-0.1, -0.05) is 46.5 Å². The molecule has 0 aromatic rings. The molecule has 0 aromatic carbocycles. The van der Waals surface area contributed by atoms with Gasteiger partial charge in [-0.15, -0.1) is 0 Å². The summed E-state index contributed by atoms with van der Waals surface area (Å²) in [4.78, 5) is 11.2. The quantitative estimate of drug-likeness (QED) is 0.429. The van der Waals surface area contributed by atoms with Crippen LogP contribution in [0.1, 0.15) is 65.7 Å². The number of unbranched alkanes of at least 4 members (excludes halogenated alkanes) is 3. The van der Waals surface area contributed by atoms with E-state index in [1.807, 2.05) is 0 Å². The zero-order valence-corrected chi connectivity index (χ0v) is 10.6. The summed E-state index contributed by atoms with van der Waals surface area (Å²) in [6.45, 7) is 7.17. The highest BCUT2D eigenvalue weighted by atomic mass is 16.5. The minimum absolute atomic E-state index is 0.0204. The summed E-state index contributed by atoms with van der Waals surface area (Å²) in [7, 11) is 0. The third-order valence-corrected chi connectivity index (χ3v) is 2.42. The zero-order valence-electron chi connectivity index (χ0n) is 10.6. The molecular weight excluding hydrogens is 188 g/mol. The van der Waals surface area contributed by atoms with Crippen molar-refractivity contribution in [2.24, 2.45) is 5.92 Å². The van der Waals surface area contributed by atoms with Crippen LogP contribution < -0.4 is 0 Å². The van der Waals surface area contributed by atoms with Crippen LogP contribution in [0.3, 0.4) is 0 Å². The summed E-state index contributed by atoms with van der Waals surface area (Å²) >= 11 is 0. The first-order chi connectivity index (χ1) is 7.16. The van der Waals surface area contributed by atoms with Crippen LogP contribution in [0, 0.1) is 5.92 Å². The van der Waals surface area contributed by atoms with E-state index in [0.29, 0.717) is 13.0 Å². The van der Waals surface area contributed by atoms with Gasteiger partial charge in [0.15, 0.2) is 0 Å². The van der Waals surface area contributed by atoms with Crippen molar-refractivity contribution in [3.8, 4) is 0 Å². The molecule has 0 bridgehead atoms. The Morgan fingerprint density at radius 2 is 1.87 bits per heavy atom. The van der Waals surface area contributed by atoms with Crippen molar-refractivity contribution in [1.29, 1.82) is 0 Å². The molecule has 0 saturated heterocycles. The Morgan fingerprint density at radius 3 is 2.47 bits per heavy atom. The second-order valence-electron chi connectivity index (χ2n) is 4.57. The lowest BCUT2D eigenvalue weighted by Gasteiger charge is -2.05. The van der Waals surface area contributed by atoms with Crippen LogP contribution >= 0.6 is 0 Å². The predicted molar refractivity (Wildman–Crippen MR) is 63.8 cm³/mol. The molecule has 0 aliphatic carbocycles. The van der Waals surface area contributed by atoms with E-state index in [0.717, 1.165) is 31.6 Å². The van der Waals surface area contributed by atoms with Crippen LogP contribution in [0.15, 0.2) is 0 Å². The van der Waals surface area contributed by atoms with Gasteiger partial charge in [0.05, 0.1) is 6.61 Å². The molecule has 0 N–H and O–H groups in total. The Balaban J connectivity index is 3.17. The lowest BCUT2D eigenvalue weighted by molar-refractivity contribution is -0.143. The number of hydrogen-bond donors (Lipinski definition) is 0. The Kier molecular flexibility index (Phi) is 9.65. The molecule has 0 saturated carbocycles. The summed E-state index contributed by atoms with van der Waals surface area (Å²) < 4.78 is 5.07. The average Bonchev–Trinajstić information content (AvgIpc) is 2.17. The smallest absolute Gasteiger partial charge is 0.305 e. The van der Waals surface area contributed by atoms with Crippen LogP contribution in [-0.2, 0) is 9.53 Å². The van der Waals surface area contributed by atoms with E-state index in [4.69, 9.17) is 4.74 Å². The Labute approximate surface area is 94.4 Å². The maximum absolute atomic E-state index is 11.2. The number of carbonyl (C=O) groups excluding carboxylic acids is 1. The van der Waals surface area contributed by atoms with Crippen LogP contribution in [0.4, 0.5) is 0 Å². The van der Waals surface area contributed by atoms with Gasteiger partial charge >= 0.3 is 5.97 Å². The molecule has 0 amide bonds. The Hall–Kier alpha value is -0.530. The molecule has 0 aliphatic rings. The zero-order chi connectivity index (χ0) is 11.5. The first-order valence-corrected chi connectivity index (χ1v) is 6.32. The molecule has 2 nitrogen and oxygen atoms in total. The molecule has 0 unspecified atom stereocenters. The molecule has 0 aliphatic heterocycles. The van der Waals surface area contributed by atoms with Crippen molar-refractivity contribution in [2.45, 2.75) is 65.7 Å². The third kappa shape index (κ3) is 11.4. The molecule has 2 heteroatoms. The summed E-state index contributed by atoms with van der Waals surface area (Å²) in [5, 5.41) is 0. The van der Waals surface area contributed by atoms with Crippen molar-refractivity contribution in [3.63, 3.8) is 0 Å². The molecule has 90 valence electrons. The van der Waals surface area contributed by atoms with Crippen molar-refractivity contribution >= 4 is 5.97 Å². The molecule has 0 heterocycles. The molecule has 0 fully saturated rings. The summed E-state index contributed by atoms with van der Waals surface area (Å²) in [6.07, 6.45) is 7.31. The third-order valence-electron chi connectivity index (χ3n) is 2.42. The van der Waals surface area contributed by atoms with E-state index < -0.39 is 0 Å². The average molecular weight is 214 g/mol. The normalized spacial score (nSPS) is 10.7. The fourth-order valence-electron chi connectivity index (χ4n) is 1.40. The molecule has 15 heavy (non-hydrogen) atoms. The van der Waals surface area contributed by atoms with Gasteiger partial charge in [-0.3, -0.25) is 4.79 Å². The highest BCUT2D eigenvalue weighted by Crippen LogP contribution is 2.09. The molecule has 0 rings (SSSR count). The van der Waals surface area contributed by atoms with Crippen LogP contribution in [-0.4, -0.2) is 12.6 Å². The van der Waals surface area contributed by atoms with Crippen molar-refractivity contribution in [2.75, 3.05) is 6.61 Å². The van der Waals surface area contributed by atoms with Crippen molar-refractivity contribution in [3.05, 3.63) is 0 Å². The van der Waals surface area contributed by atoms with E-state index in [2.05, 4.69) is 20.8 Å². The van der Waals surface area contributed by atoms with Gasteiger partial charge in [-0.25, -0.2) is 0 Å². The largest absolute Gasteiger partial charge is 0.466 e. The van der Waals surface area contributed by atoms with E-state index in [9.17, 15) is 4.79 Å². The molecule has 0 radical (unpaired) electrons. The van der Waals surface area contributed by atoms with Gasteiger partial charge in [0.1, 0.15) is 0 Å². The van der Waals surface area contributed by atoms with Gasteiger partial charge in [-0.05, 0) is 18.8 Å². The SMILES string of the molecule is CCCCOC(=O)CCCCCC(C)C. The van der Waals surface area contributed by atoms with Crippen LogP contribution in [0.5, 0.6) is 0 Å². The molecule has 0 aromatic heterocycles. The van der Waals surface area contributed by atoms with Gasteiger partial charge in [0.2, 0.25) is 0 Å². The topological polar surface area (TPSA) is 26.3 Å². The van der Waals surface area contributed by atoms with Gasteiger partial charge in [-0.2, -0.15) is 0 Å². The maximum Gasteiger partial charge on any atom is 0.305 e. The molecule has 0 spiro atoms. The number of carbonyl (C=O) groups is 1. The number of ether oxygens (including phenoxy) is 1. The number of rotatable bonds is 9. The lowest BCUT2D eigenvalue weighted by Crippen LogP contribution is -2.05. The van der Waals surface area contributed by atoms with Gasteiger partial charge in [0, 0.05) is 6.42 Å². The summed E-state index contributed by atoms with van der Waals surface area (Å²) in [5.74, 6) is 0.759. The van der Waals surface area contributed by atoms with Crippen molar-refractivity contribution < 1.29 is 9.53 Å². The van der Waals surface area contributed by atoms with E-state index in [-0.39, 0.29) is 5.97 Å². The number of esters is 1. The van der Waals surface area contributed by atoms with Crippen molar-refractivity contribution in [1.82, 2.24) is 0 Å². The minimum Gasteiger partial charge on any atom is -0.466 e. The number of hydrogen-bond acceptors (Lipinski definition) is 2. The summed E-state index contributed by atoms with van der Waals surface area (Å²) in [6, 6.07) is 0. The minimum atomic E-state index is -0.0204. The monoisotopic (exact) mass is 214 g/mol. The Bertz CT molecular complexity index is 153. The first-order valence-electron chi connectivity index (χ1n) is 6.32.